The van der Waals surface area contributed by atoms with Gasteiger partial charge in [0.25, 0.3) is 0 Å². The molecule has 1 fully saturated rings. The molecule has 1 unspecified atom stereocenters. The highest BCUT2D eigenvalue weighted by atomic mass is 16.6. The van der Waals surface area contributed by atoms with Crippen molar-refractivity contribution in [2.75, 3.05) is 0 Å². The Morgan fingerprint density at radius 1 is 0.559 bits per heavy atom. The van der Waals surface area contributed by atoms with Crippen molar-refractivity contribution >= 4 is 11.9 Å². The third kappa shape index (κ3) is 16.7. The number of ether oxygens (including phenoxy) is 1. The third-order valence-corrected chi connectivity index (χ3v) is 7.83. The van der Waals surface area contributed by atoms with Gasteiger partial charge in [0, 0.05) is 0 Å². The van der Waals surface area contributed by atoms with Crippen LogP contribution in [0.4, 0.5) is 0 Å². The molecular weight excluding hydrogens is 420 g/mol. The van der Waals surface area contributed by atoms with Gasteiger partial charge in [0.1, 0.15) is 0 Å². The number of carbonyl (C=O) groups is 2. The monoisotopic (exact) mass is 478 g/mol. The van der Waals surface area contributed by atoms with Gasteiger partial charge in [-0.3, -0.25) is 9.59 Å². The van der Waals surface area contributed by atoms with Crippen molar-refractivity contribution in [3.63, 3.8) is 0 Å². The Morgan fingerprint density at radius 2 is 0.882 bits per heavy atom. The molecule has 34 heavy (non-hydrogen) atoms. The molecule has 0 aromatic heterocycles. The Hall–Kier alpha value is -0.860. The molecule has 3 heteroatoms. The lowest BCUT2D eigenvalue weighted by molar-refractivity contribution is -0.153. The third-order valence-electron chi connectivity index (χ3n) is 7.83. The van der Waals surface area contributed by atoms with Crippen molar-refractivity contribution in [3.05, 3.63) is 0 Å². The van der Waals surface area contributed by atoms with Crippen molar-refractivity contribution < 1.29 is 14.3 Å². The summed E-state index contributed by atoms with van der Waals surface area (Å²) in [5.41, 5.74) is 0. The Bertz CT molecular complexity index is 461. The molecule has 0 amide bonds. The van der Waals surface area contributed by atoms with Gasteiger partial charge >= 0.3 is 11.9 Å². The first-order valence-electron chi connectivity index (χ1n) is 15.4. The summed E-state index contributed by atoms with van der Waals surface area (Å²) in [5, 5.41) is 0. The summed E-state index contributed by atoms with van der Waals surface area (Å²) in [4.78, 5) is 23.8. The van der Waals surface area contributed by atoms with Crippen LogP contribution in [0.2, 0.25) is 0 Å². The van der Waals surface area contributed by atoms with E-state index in [2.05, 4.69) is 13.8 Å². The van der Waals surface area contributed by atoms with Gasteiger partial charge in [-0.05, 0) is 18.8 Å². The summed E-state index contributed by atoms with van der Waals surface area (Å²) < 4.78 is 4.89. The highest BCUT2D eigenvalue weighted by Gasteiger charge is 2.38. The van der Waals surface area contributed by atoms with Crippen molar-refractivity contribution in [2.24, 2.45) is 11.8 Å². The van der Waals surface area contributed by atoms with E-state index in [0.29, 0.717) is 12.3 Å². The predicted molar refractivity (Wildman–Crippen MR) is 145 cm³/mol. The first-order chi connectivity index (χ1) is 16.7. The van der Waals surface area contributed by atoms with Crippen molar-refractivity contribution in [2.45, 2.75) is 174 Å². The molecule has 1 atom stereocenters. The van der Waals surface area contributed by atoms with E-state index in [1.165, 1.54) is 141 Å². The van der Waals surface area contributed by atoms with Gasteiger partial charge in [-0.1, -0.05) is 155 Å². The summed E-state index contributed by atoms with van der Waals surface area (Å²) in [5.74, 6) is -0.381. The van der Waals surface area contributed by atoms with Gasteiger partial charge in [0.2, 0.25) is 0 Å². The molecule has 0 spiro atoms. The van der Waals surface area contributed by atoms with Crippen LogP contribution < -0.4 is 0 Å². The van der Waals surface area contributed by atoms with Gasteiger partial charge in [0.05, 0.1) is 12.3 Å². The highest BCUT2D eigenvalue weighted by molar-refractivity contribution is 5.94. The molecule has 200 valence electrons. The molecule has 0 aromatic rings. The zero-order chi connectivity index (χ0) is 24.7. The van der Waals surface area contributed by atoms with Crippen molar-refractivity contribution in [1.82, 2.24) is 0 Å². The smallest absolute Gasteiger partial charge is 0.317 e. The molecule has 1 aliphatic heterocycles. The predicted octanol–water partition coefficient (Wildman–Crippen LogP) is 10.1. The Kier molecular flexibility index (Phi) is 20.7. The number of esters is 2. The maximum absolute atomic E-state index is 12.2. The fourth-order valence-corrected chi connectivity index (χ4v) is 5.54. The lowest BCUT2D eigenvalue weighted by atomic mass is 9.82. The molecule has 1 heterocycles. The lowest BCUT2D eigenvalue weighted by Crippen LogP contribution is -2.19. The number of carbonyl (C=O) groups excluding carboxylic acids is 2. The van der Waals surface area contributed by atoms with E-state index in [1.807, 2.05) is 0 Å². The highest BCUT2D eigenvalue weighted by Crippen LogP contribution is 2.32. The topological polar surface area (TPSA) is 43.4 Å². The minimum absolute atomic E-state index is 0.168. The number of unbranched alkanes of at least 4 members (excludes halogenated alkanes) is 20. The SMILES string of the molecule is CCCCCCCCCCCCCC(CCCCCCCCCCCCC)C1CC(=O)OC1=O. The van der Waals surface area contributed by atoms with Crippen LogP contribution >= 0.6 is 0 Å². The second-order valence-corrected chi connectivity index (χ2v) is 11.0. The zero-order valence-corrected chi connectivity index (χ0v) is 23.1. The number of rotatable bonds is 25. The van der Waals surface area contributed by atoms with Crippen LogP contribution in [0.25, 0.3) is 0 Å². The minimum atomic E-state index is -0.308. The minimum Gasteiger partial charge on any atom is -0.393 e. The summed E-state index contributed by atoms with van der Waals surface area (Å²) >= 11 is 0. The van der Waals surface area contributed by atoms with Crippen LogP contribution in [0.3, 0.4) is 0 Å². The van der Waals surface area contributed by atoms with E-state index in [4.69, 9.17) is 4.74 Å². The Balaban J connectivity index is 2.11. The summed E-state index contributed by atoms with van der Waals surface area (Å²) in [6.07, 6.45) is 32.1. The zero-order valence-electron chi connectivity index (χ0n) is 23.1. The van der Waals surface area contributed by atoms with Gasteiger partial charge in [-0.25, -0.2) is 0 Å². The van der Waals surface area contributed by atoms with E-state index in [9.17, 15) is 9.59 Å². The fourth-order valence-electron chi connectivity index (χ4n) is 5.54. The maximum Gasteiger partial charge on any atom is 0.317 e. The van der Waals surface area contributed by atoms with Crippen molar-refractivity contribution in [3.8, 4) is 0 Å². The summed E-state index contributed by atoms with van der Waals surface area (Å²) in [6, 6.07) is 0. The normalized spacial score (nSPS) is 16.0. The molecule has 3 nitrogen and oxygen atoms in total. The van der Waals surface area contributed by atoms with Crippen LogP contribution in [-0.2, 0) is 14.3 Å². The number of hydrogen-bond acceptors (Lipinski definition) is 3. The van der Waals surface area contributed by atoms with Gasteiger partial charge < -0.3 is 4.74 Å². The molecule has 0 aromatic carbocycles. The van der Waals surface area contributed by atoms with Crippen LogP contribution in [-0.4, -0.2) is 11.9 Å². The molecule has 0 bridgehead atoms. The van der Waals surface area contributed by atoms with Gasteiger partial charge in [-0.15, -0.1) is 0 Å². The van der Waals surface area contributed by atoms with E-state index in [-0.39, 0.29) is 17.9 Å². The Labute approximate surface area is 212 Å². The first kappa shape index (κ1) is 31.2. The number of cyclic esters (lactones) is 2. The molecule has 0 saturated carbocycles. The standard InChI is InChI=1S/C31H58O3/c1-3-5-7-9-11-13-15-17-19-21-23-25-28(29-27-30(32)34-31(29)33)26-24-22-20-18-16-14-12-10-8-6-4-2/h28-29H,3-27H2,1-2H3. The molecule has 1 rings (SSSR count). The summed E-state index contributed by atoms with van der Waals surface area (Å²) in [6.45, 7) is 4.55. The van der Waals surface area contributed by atoms with E-state index in [0.717, 1.165) is 12.8 Å². The Morgan fingerprint density at radius 3 is 1.18 bits per heavy atom. The van der Waals surface area contributed by atoms with E-state index >= 15 is 0 Å². The molecule has 1 aliphatic rings. The van der Waals surface area contributed by atoms with E-state index < -0.39 is 0 Å². The fraction of sp³-hybridized carbons (Fsp3) is 0.935. The molecular formula is C31H58O3. The van der Waals surface area contributed by atoms with Crippen LogP contribution in [0, 0.1) is 11.8 Å². The average molecular weight is 479 g/mol. The lowest BCUT2D eigenvalue weighted by Gasteiger charge is -2.20. The maximum atomic E-state index is 12.2. The first-order valence-corrected chi connectivity index (χ1v) is 15.4. The second-order valence-electron chi connectivity index (χ2n) is 11.0. The van der Waals surface area contributed by atoms with E-state index in [1.54, 1.807) is 0 Å². The van der Waals surface area contributed by atoms with Crippen molar-refractivity contribution in [1.29, 1.82) is 0 Å². The van der Waals surface area contributed by atoms with Crippen LogP contribution in [0.5, 0.6) is 0 Å². The van der Waals surface area contributed by atoms with Gasteiger partial charge in [-0.2, -0.15) is 0 Å². The largest absolute Gasteiger partial charge is 0.393 e. The van der Waals surface area contributed by atoms with Crippen LogP contribution in [0.15, 0.2) is 0 Å². The van der Waals surface area contributed by atoms with Crippen LogP contribution in [0.1, 0.15) is 174 Å². The molecule has 0 aliphatic carbocycles. The summed E-state index contributed by atoms with van der Waals surface area (Å²) in [7, 11) is 0. The molecule has 0 radical (unpaired) electrons. The molecule has 0 N–H and O–H groups in total. The van der Waals surface area contributed by atoms with Gasteiger partial charge in [0.15, 0.2) is 0 Å². The second kappa shape index (κ2) is 22.6. The quantitative estimate of drug-likeness (QED) is 0.0744. The average Bonchev–Trinajstić information content (AvgIpc) is 3.17. The molecule has 1 saturated heterocycles. The number of hydrogen-bond donors (Lipinski definition) is 0.